The summed E-state index contributed by atoms with van der Waals surface area (Å²) in [6, 6.07) is 6.14. The molecule has 0 amide bonds. The Morgan fingerprint density at radius 2 is 1.75 bits per heavy atom. The lowest BCUT2D eigenvalue weighted by molar-refractivity contribution is -0.155. The molecule has 6 heteroatoms. The van der Waals surface area contributed by atoms with E-state index in [1.54, 1.807) is 0 Å². The summed E-state index contributed by atoms with van der Waals surface area (Å²) in [5, 5.41) is 6.85. The molecule has 0 radical (unpaired) electrons. The Kier molecular flexibility index (Phi) is 7.15. The molecular weight excluding hydrogens is 304 g/mol. The highest BCUT2D eigenvalue weighted by Gasteiger charge is 2.17. The zero-order valence-electron chi connectivity index (χ0n) is 15.1. The highest BCUT2D eigenvalue weighted by atomic mass is 16.6. The SMILES string of the molecule is CC(C)(C)OC(=O)CCN1CCNCc2cccc(n2)CNCC1. The van der Waals surface area contributed by atoms with Gasteiger partial charge in [-0.15, -0.1) is 0 Å². The minimum absolute atomic E-state index is 0.131. The smallest absolute Gasteiger partial charge is 0.307 e. The van der Waals surface area contributed by atoms with Gasteiger partial charge in [0.05, 0.1) is 17.8 Å². The van der Waals surface area contributed by atoms with Crippen molar-refractivity contribution in [2.45, 2.75) is 45.9 Å². The molecule has 0 aromatic carbocycles. The van der Waals surface area contributed by atoms with Crippen LogP contribution in [-0.4, -0.2) is 54.2 Å². The van der Waals surface area contributed by atoms with Crippen LogP contribution in [0, 0.1) is 0 Å². The van der Waals surface area contributed by atoms with E-state index in [1.165, 1.54) is 0 Å². The first-order chi connectivity index (χ1) is 11.4. The van der Waals surface area contributed by atoms with Crippen LogP contribution in [0.1, 0.15) is 38.6 Å². The normalized spacial score (nSPS) is 17.6. The number of fused-ring (bicyclic) bond motifs is 2. The second kappa shape index (κ2) is 9.11. The number of nitrogens with one attached hydrogen (secondary N) is 2. The Bertz CT molecular complexity index is 501. The Hall–Kier alpha value is -1.50. The molecular formula is C18H30N4O2. The molecule has 24 heavy (non-hydrogen) atoms. The number of ether oxygens (including phenoxy) is 1. The van der Waals surface area contributed by atoms with Gasteiger partial charge in [-0.05, 0) is 32.9 Å². The number of hydrogen-bond donors (Lipinski definition) is 2. The maximum Gasteiger partial charge on any atom is 0.307 e. The quantitative estimate of drug-likeness (QED) is 0.813. The number of aromatic nitrogens is 1. The van der Waals surface area contributed by atoms with Gasteiger partial charge in [0.1, 0.15) is 5.60 Å². The highest BCUT2D eigenvalue weighted by molar-refractivity contribution is 5.70. The third-order valence-corrected chi connectivity index (χ3v) is 3.74. The van der Waals surface area contributed by atoms with Gasteiger partial charge in [0.2, 0.25) is 0 Å². The van der Waals surface area contributed by atoms with Gasteiger partial charge in [-0.2, -0.15) is 0 Å². The first-order valence-corrected chi connectivity index (χ1v) is 8.73. The maximum absolute atomic E-state index is 11.9. The zero-order valence-corrected chi connectivity index (χ0v) is 15.1. The average molecular weight is 334 g/mol. The van der Waals surface area contributed by atoms with Crippen molar-refractivity contribution in [2.75, 3.05) is 32.7 Å². The second-order valence-electron chi connectivity index (χ2n) is 7.15. The van der Waals surface area contributed by atoms with E-state index in [9.17, 15) is 4.79 Å². The number of nitrogens with zero attached hydrogens (tertiary/aromatic N) is 2. The third-order valence-electron chi connectivity index (χ3n) is 3.74. The van der Waals surface area contributed by atoms with E-state index in [4.69, 9.17) is 4.74 Å². The minimum Gasteiger partial charge on any atom is -0.460 e. The van der Waals surface area contributed by atoms with Crippen LogP contribution in [0.15, 0.2) is 18.2 Å². The van der Waals surface area contributed by atoms with Crippen LogP contribution in [0.2, 0.25) is 0 Å². The molecule has 134 valence electrons. The van der Waals surface area contributed by atoms with Crippen molar-refractivity contribution in [1.29, 1.82) is 0 Å². The van der Waals surface area contributed by atoms with Crippen molar-refractivity contribution in [2.24, 2.45) is 0 Å². The summed E-state index contributed by atoms with van der Waals surface area (Å²) >= 11 is 0. The van der Waals surface area contributed by atoms with E-state index in [2.05, 4.69) is 26.6 Å². The Morgan fingerprint density at radius 3 is 2.29 bits per heavy atom. The zero-order chi connectivity index (χ0) is 17.4. The van der Waals surface area contributed by atoms with Crippen molar-refractivity contribution >= 4 is 5.97 Å². The number of carbonyl (C=O) groups is 1. The maximum atomic E-state index is 11.9. The summed E-state index contributed by atoms with van der Waals surface area (Å²) in [5.74, 6) is -0.131. The molecule has 0 aliphatic carbocycles. The lowest BCUT2D eigenvalue weighted by Crippen LogP contribution is -2.39. The molecule has 1 aliphatic rings. The molecule has 2 N–H and O–H groups in total. The average Bonchev–Trinajstić information content (AvgIpc) is 2.50. The van der Waals surface area contributed by atoms with E-state index in [1.807, 2.05) is 32.9 Å². The molecule has 1 aliphatic heterocycles. The van der Waals surface area contributed by atoms with Crippen molar-refractivity contribution in [1.82, 2.24) is 20.5 Å². The topological polar surface area (TPSA) is 66.5 Å². The van der Waals surface area contributed by atoms with Crippen LogP contribution in [0.25, 0.3) is 0 Å². The summed E-state index contributed by atoms with van der Waals surface area (Å²) in [7, 11) is 0. The van der Waals surface area contributed by atoms with Gasteiger partial charge in [-0.3, -0.25) is 9.78 Å². The standard InChI is InChI=1S/C18H30N4O2/c1-18(2,3)24-17(23)7-10-22-11-8-19-13-15-5-4-6-16(21-15)14-20-9-12-22/h4-6,19-20H,7-14H2,1-3H3. The van der Waals surface area contributed by atoms with Crippen molar-refractivity contribution in [3.05, 3.63) is 29.6 Å². The van der Waals surface area contributed by atoms with E-state index >= 15 is 0 Å². The summed E-state index contributed by atoms with van der Waals surface area (Å²) < 4.78 is 5.39. The van der Waals surface area contributed by atoms with Crippen LogP contribution in [0.3, 0.4) is 0 Å². The predicted molar refractivity (Wildman–Crippen MR) is 94.6 cm³/mol. The van der Waals surface area contributed by atoms with Crippen LogP contribution in [-0.2, 0) is 22.6 Å². The van der Waals surface area contributed by atoms with Gasteiger partial charge in [0, 0.05) is 45.8 Å². The number of esters is 1. The summed E-state index contributed by atoms with van der Waals surface area (Å²) in [5.41, 5.74) is 1.72. The van der Waals surface area contributed by atoms with Crippen LogP contribution >= 0.6 is 0 Å². The lowest BCUT2D eigenvalue weighted by Gasteiger charge is -2.24. The van der Waals surface area contributed by atoms with Crippen molar-refractivity contribution in [3.63, 3.8) is 0 Å². The van der Waals surface area contributed by atoms with Crippen LogP contribution < -0.4 is 10.6 Å². The molecule has 0 saturated carbocycles. The van der Waals surface area contributed by atoms with Crippen molar-refractivity contribution in [3.8, 4) is 0 Å². The largest absolute Gasteiger partial charge is 0.460 e. The molecule has 0 saturated heterocycles. The molecule has 6 nitrogen and oxygen atoms in total. The summed E-state index contributed by atoms with van der Waals surface area (Å²) in [6.45, 7) is 11.5. The van der Waals surface area contributed by atoms with Gasteiger partial charge >= 0.3 is 5.97 Å². The number of carbonyl (C=O) groups excluding carboxylic acids is 1. The van der Waals surface area contributed by atoms with Gasteiger partial charge in [0.15, 0.2) is 0 Å². The van der Waals surface area contributed by atoms with Gasteiger partial charge < -0.3 is 20.3 Å². The Labute approximate surface area is 145 Å². The van der Waals surface area contributed by atoms with Gasteiger partial charge in [-0.1, -0.05) is 6.07 Å². The molecule has 0 unspecified atom stereocenters. The van der Waals surface area contributed by atoms with Crippen molar-refractivity contribution < 1.29 is 9.53 Å². The molecule has 2 bridgehead atoms. The highest BCUT2D eigenvalue weighted by Crippen LogP contribution is 2.08. The second-order valence-corrected chi connectivity index (χ2v) is 7.15. The monoisotopic (exact) mass is 334 g/mol. The molecule has 2 heterocycles. The number of pyridine rings is 1. The van der Waals surface area contributed by atoms with E-state index in [0.29, 0.717) is 6.42 Å². The fourth-order valence-corrected chi connectivity index (χ4v) is 2.61. The van der Waals surface area contributed by atoms with Crippen LogP contribution in [0.5, 0.6) is 0 Å². The summed E-state index contributed by atoms with van der Waals surface area (Å²) in [4.78, 5) is 18.8. The van der Waals surface area contributed by atoms with E-state index < -0.39 is 5.60 Å². The Morgan fingerprint density at radius 1 is 1.17 bits per heavy atom. The summed E-state index contributed by atoms with van der Waals surface area (Å²) in [6.07, 6.45) is 0.428. The Balaban J connectivity index is 1.81. The first kappa shape index (κ1) is 18.8. The number of rotatable bonds is 3. The lowest BCUT2D eigenvalue weighted by atomic mass is 10.2. The molecule has 1 aromatic heterocycles. The number of hydrogen-bond acceptors (Lipinski definition) is 6. The minimum atomic E-state index is -0.415. The van der Waals surface area contributed by atoms with E-state index in [0.717, 1.165) is 57.2 Å². The third kappa shape index (κ3) is 7.38. The van der Waals surface area contributed by atoms with Gasteiger partial charge in [0.25, 0.3) is 0 Å². The predicted octanol–water partition coefficient (Wildman–Crippen LogP) is 1.31. The molecule has 1 aromatic rings. The molecule has 2 rings (SSSR count). The molecule has 0 fully saturated rings. The van der Waals surface area contributed by atoms with E-state index in [-0.39, 0.29) is 5.97 Å². The van der Waals surface area contributed by atoms with Gasteiger partial charge in [-0.25, -0.2) is 0 Å². The molecule has 0 atom stereocenters. The fourth-order valence-electron chi connectivity index (χ4n) is 2.61. The molecule has 0 spiro atoms. The van der Waals surface area contributed by atoms with Crippen LogP contribution in [0.4, 0.5) is 0 Å². The first-order valence-electron chi connectivity index (χ1n) is 8.73. The fraction of sp³-hybridized carbons (Fsp3) is 0.667.